The first-order valence-electron chi connectivity index (χ1n) is 7.06. The van der Waals surface area contributed by atoms with E-state index in [-0.39, 0.29) is 11.7 Å². The van der Waals surface area contributed by atoms with Gasteiger partial charge in [-0.15, -0.1) is 0 Å². The number of nitro groups is 1. The minimum atomic E-state index is -0.441. The third kappa shape index (κ3) is 4.65. The molecule has 0 saturated heterocycles. The summed E-state index contributed by atoms with van der Waals surface area (Å²) in [7, 11) is 1.62. The highest BCUT2D eigenvalue weighted by atomic mass is 79.9. The summed E-state index contributed by atoms with van der Waals surface area (Å²) < 4.78 is 6.08. The van der Waals surface area contributed by atoms with Gasteiger partial charge in [-0.25, -0.2) is 0 Å². The Morgan fingerprint density at radius 3 is 2.50 bits per heavy atom. The average molecular weight is 410 g/mol. The summed E-state index contributed by atoms with van der Waals surface area (Å²) in [6.45, 7) is 1.98. The summed E-state index contributed by atoms with van der Waals surface area (Å²) in [5.41, 5.74) is 1.76. The lowest BCUT2D eigenvalue weighted by atomic mass is 10.1. The molecule has 1 atom stereocenters. The van der Waals surface area contributed by atoms with Gasteiger partial charge < -0.3 is 15.4 Å². The minimum Gasteiger partial charge on any atom is -0.496 e. The van der Waals surface area contributed by atoms with Gasteiger partial charge in [0.05, 0.1) is 22.5 Å². The van der Waals surface area contributed by atoms with Gasteiger partial charge in [0.25, 0.3) is 5.69 Å². The van der Waals surface area contributed by atoms with Crippen LogP contribution in [0.3, 0.4) is 0 Å². The number of thiocarbonyl (C=S) groups is 1. The van der Waals surface area contributed by atoms with Crippen molar-refractivity contribution in [2.75, 3.05) is 12.4 Å². The van der Waals surface area contributed by atoms with E-state index in [1.165, 1.54) is 12.1 Å². The molecule has 6 nitrogen and oxygen atoms in total. The van der Waals surface area contributed by atoms with Crippen molar-refractivity contribution in [2.24, 2.45) is 0 Å². The normalized spacial score (nSPS) is 11.5. The summed E-state index contributed by atoms with van der Waals surface area (Å²) in [4.78, 5) is 10.2. The number of ether oxygens (including phenoxy) is 1. The zero-order valence-corrected chi connectivity index (χ0v) is 15.5. The predicted molar refractivity (Wildman–Crippen MR) is 102 cm³/mol. The molecule has 24 heavy (non-hydrogen) atoms. The zero-order chi connectivity index (χ0) is 17.7. The lowest BCUT2D eigenvalue weighted by Crippen LogP contribution is -2.30. The topological polar surface area (TPSA) is 76.4 Å². The van der Waals surface area contributed by atoms with Crippen LogP contribution in [0.5, 0.6) is 5.75 Å². The molecule has 2 aromatic carbocycles. The molecule has 8 heteroatoms. The minimum absolute atomic E-state index is 0.0229. The van der Waals surface area contributed by atoms with Crippen LogP contribution in [-0.2, 0) is 0 Å². The van der Waals surface area contributed by atoms with Crippen LogP contribution < -0.4 is 15.4 Å². The Morgan fingerprint density at radius 1 is 1.29 bits per heavy atom. The molecule has 0 spiro atoms. The standard InChI is InChI=1S/C16H16BrN3O3S/c1-10(11-3-8-15(23-2)14(17)9-11)18-16(24)19-12-4-6-13(7-5-12)20(21)22/h3-10H,1-2H3,(H2,18,19,24)/t10-/m0/s1. The Bertz CT molecular complexity index is 753. The Morgan fingerprint density at radius 2 is 1.96 bits per heavy atom. The van der Waals surface area contributed by atoms with Crippen molar-refractivity contribution in [3.05, 3.63) is 62.6 Å². The monoisotopic (exact) mass is 409 g/mol. The van der Waals surface area contributed by atoms with Crippen molar-refractivity contribution >= 4 is 44.6 Å². The molecule has 2 rings (SSSR count). The molecule has 0 aliphatic rings. The fraction of sp³-hybridized carbons (Fsp3) is 0.188. The molecule has 2 aromatic rings. The largest absolute Gasteiger partial charge is 0.496 e. The molecule has 0 amide bonds. The maximum Gasteiger partial charge on any atom is 0.269 e. The molecule has 0 heterocycles. The van der Waals surface area contributed by atoms with E-state index in [9.17, 15) is 10.1 Å². The Balaban J connectivity index is 1.98. The number of hydrogen-bond acceptors (Lipinski definition) is 4. The number of non-ortho nitro benzene ring substituents is 1. The second-order valence-corrected chi connectivity index (χ2v) is 6.28. The van der Waals surface area contributed by atoms with Gasteiger partial charge in [0.15, 0.2) is 5.11 Å². The molecule has 0 fully saturated rings. The molecule has 0 saturated carbocycles. The maximum atomic E-state index is 10.6. The molecule has 2 N–H and O–H groups in total. The summed E-state index contributed by atoms with van der Waals surface area (Å²) in [6.07, 6.45) is 0. The first-order chi connectivity index (χ1) is 11.4. The van der Waals surface area contributed by atoms with E-state index in [4.69, 9.17) is 17.0 Å². The van der Waals surface area contributed by atoms with E-state index >= 15 is 0 Å². The van der Waals surface area contributed by atoms with Crippen molar-refractivity contribution in [2.45, 2.75) is 13.0 Å². The van der Waals surface area contributed by atoms with E-state index in [0.717, 1.165) is 15.8 Å². The first-order valence-corrected chi connectivity index (χ1v) is 8.26. The highest BCUT2D eigenvalue weighted by molar-refractivity contribution is 9.10. The van der Waals surface area contributed by atoms with Gasteiger partial charge in [0.2, 0.25) is 0 Å². The molecule has 0 radical (unpaired) electrons. The van der Waals surface area contributed by atoms with Crippen molar-refractivity contribution in [1.29, 1.82) is 0 Å². The third-order valence-corrected chi connectivity index (χ3v) is 4.20. The Hall–Kier alpha value is -2.19. The summed E-state index contributed by atoms with van der Waals surface area (Å²) in [6, 6.07) is 11.8. The number of methoxy groups -OCH3 is 1. The van der Waals surface area contributed by atoms with Crippen molar-refractivity contribution < 1.29 is 9.66 Å². The third-order valence-electron chi connectivity index (χ3n) is 3.36. The maximum absolute atomic E-state index is 10.6. The number of hydrogen-bond donors (Lipinski definition) is 2. The van der Waals surface area contributed by atoms with Gasteiger partial charge in [-0.2, -0.15) is 0 Å². The fourth-order valence-corrected chi connectivity index (χ4v) is 2.92. The molecular formula is C16H16BrN3O3S. The van der Waals surface area contributed by atoms with E-state index in [2.05, 4.69) is 26.6 Å². The SMILES string of the molecule is COc1ccc([C@H](C)NC(=S)Nc2ccc([N+](=O)[O-])cc2)cc1Br. The van der Waals surface area contributed by atoms with E-state index in [0.29, 0.717) is 10.8 Å². The summed E-state index contributed by atoms with van der Waals surface area (Å²) in [5, 5.41) is 17.3. The second kappa shape index (κ2) is 8.07. The zero-order valence-electron chi connectivity index (χ0n) is 13.1. The summed E-state index contributed by atoms with van der Waals surface area (Å²) in [5.74, 6) is 0.762. The summed E-state index contributed by atoms with van der Waals surface area (Å²) >= 11 is 8.74. The second-order valence-electron chi connectivity index (χ2n) is 5.02. The molecule has 0 aliphatic carbocycles. The van der Waals surface area contributed by atoms with Crippen molar-refractivity contribution in [1.82, 2.24) is 5.32 Å². The predicted octanol–water partition coefficient (Wildman–Crippen LogP) is 4.41. The van der Waals surface area contributed by atoms with Crippen LogP contribution in [0.1, 0.15) is 18.5 Å². The van der Waals surface area contributed by atoms with Crippen LogP contribution in [0.2, 0.25) is 0 Å². The molecule has 0 aromatic heterocycles. The highest BCUT2D eigenvalue weighted by Gasteiger charge is 2.10. The number of nitro benzene ring substituents is 1. The van der Waals surface area contributed by atoms with Gasteiger partial charge in [-0.3, -0.25) is 10.1 Å². The van der Waals surface area contributed by atoms with E-state index in [1.807, 2.05) is 25.1 Å². The smallest absolute Gasteiger partial charge is 0.269 e. The molecule has 126 valence electrons. The van der Waals surface area contributed by atoms with Gasteiger partial charge in [-0.05, 0) is 64.9 Å². The van der Waals surface area contributed by atoms with Gasteiger partial charge >= 0.3 is 0 Å². The fourth-order valence-electron chi connectivity index (χ4n) is 2.07. The van der Waals surface area contributed by atoms with Crippen LogP contribution >= 0.6 is 28.1 Å². The quantitative estimate of drug-likeness (QED) is 0.432. The van der Waals surface area contributed by atoms with Crippen molar-refractivity contribution in [3.63, 3.8) is 0 Å². The van der Waals surface area contributed by atoms with Crippen LogP contribution in [0, 0.1) is 10.1 Å². The van der Waals surface area contributed by atoms with Crippen LogP contribution in [0.15, 0.2) is 46.9 Å². The molecular weight excluding hydrogens is 394 g/mol. The van der Waals surface area contributed by atoms with Gasteiger partial charge in [0.1, 0.15) is 5.75 Å². The first kappa shape index (κ1) is 18.2. The number of halogens is 1. The average Bonchev–Trinajstić information content (AvgIpc) is 2.55. The van der Waals surface area contributed by atoms with Gasteiger partial charge in [0, 0.05) is 17.8 Å². The number of nitrogens with one attached hydrogen (secondary N) is 2. The number of benzene rings is 2. The number of rotatable bonds is 5. The van der Waals surface area contributed by atoms with Crippen LogP contribution in [0.4, 0.5) is 11.4 Å². The Labute approximate surface area is 153 Å². The number of nitrogens with zero attached hydrogens (tertiary/aromatic N) is 1. The van der Waals surface area contributed by atoms with E-state index in [1.54, 1.807) is 19.2 Å². The number of anilines is 1. The molecule has 0 aliphatic heterocycles. The van der Waals surface area contributed by atoms with Crippen LogP contribution in [0.25, 0.3) is 0 Å². The van der Waals surface area contributed by atoms with Gasteiger partial charge in [-0.1, -0.05) is 6.07 Å². The molecule has 0 bridgehead atoms. The van der Waals surface area contributed by atoms with E-state index < -0.39 is 4.92 Å². The Kier molecular flexibility index (Phi) is 6.10. The highest BCUT2D eigenvalue weighted by Crippen LogP contribution is 2.28. The lowest BCUT2D eigenvalue weighted by Gasteiger charge is -2.18. The molecule has 0 unspecified atom stereocenters. The van der Waals surface area contributed by atoms with Crippen molar-refractivity contribution in [3.8, 4) is 5.75 Å². The van der Waals surface area contributed by atoms with Crippen LogP contribution in [-0.4, -0.2) is 17.1 Å². The lowest BCUT2D eigenvalue weighted by molar-refractivity contribution is -0.384.